The predicted molar refractivity (Wildman–Crippen MR) is 82.8 cm³/mol. The fourth-order valence-corrected chi connectivity index (χ4v) is 2.77. The van der Waals surface area contributed by atoms with Crippen molar-refractivity contribution in [3.05, 3.63) is 44.8 Å². The smallest absolute Gasteiger partial charge is 0.119 e. The van der Waals surface area contributed by atoms with Crippen LogP contribution in [0.1, 0.15) is 10.6 Å². The van der Waals surface area contributed by atoms with Gasteiger partial charge in [0.15, 0.2) is 0 Å². The first-order valence-corrected chi connectivity index (χ1v) is 7.78. The Hall–Kier alpha value is -0.910. The average molecular weight is 341 g/mol. The van der Waals surface area contributed by atoms with Crippen molar-refractivity contribution in [2.24, 2.45) is 0 Å². The van der Waals surface area contributed by atoms with E-state index in [1.807, 2.05) is 29.8 Å². The van der Waals surface area contributed by atoms with E-state index >= 15 is 0 Å². The lowest BCUT2D eigenvalue weighted by molar-refractivity contribution is 0.233. The number of aryl methyl sites for hydroxylation is 1. The fourth-order valence-electron chi connectivity index (χ4n) is 1.65. The summed E-state index contributed by atoms with van der Waals surface area (Å²) in [5.41, 5.74) is 3.03. The van der Waals surface area contributed by atoms with E-state index in [9.17, 15) is 0 Å². The molecule has 0 aliphatic heterocycles. The molecule has 3 nitrogen and oxygen atoms in total. The number of ether oxygens (including phenoxy) is 1. The topological polar surface area (TPSA) is 25.4 Å². The number of likely N-dealkylation sites (N-methyl/N-ethyl adjacent to an activating group) is 1. The van der Waals surface area contributed by atoms with Gasteiger partial charge in [0.05, 0.1) is 11.2 Å². The summed E-state index contributed by atoms with van der Waals surface area (Å²) in [5, 5.41) is 0. The summed E-state index contributed by atoms with van der Waals surface area (Å²) in [4.78, 5) is 7.84. The molecule has 1 aromatic carbocycles. The molecule has 0 saturated carbocycles. The Labute approximate surface area is 126 Å². The second kappa shape index (κ2) is 7.03. The van der Waals surface area contributed by atoms with Crippen molar-refractivity contribution in [2.45, 2.75) is 13.5 Å². The SMILES string of the molecule is Cc1ncsc1CN(C)CCOc1ccc(Br)cc1. The summed E-state index contributed by atoms with van der Waals surface area (Å²) in [6.07, 6.45) is 0. The van der Waals surface area contributed by atoms with Crippen LogP contribution in [0.5, 0.6) is 5.75 Å². The van der Waals surface area contributed by atoms with E-state index in [2.05, 4.69) is 39.8 Å². The quantitative estimate of drug-likeness (QED) is 0.801. The molecular formula is C14H17BrN2OS. The Kier molecular flexibility index (Phi) is 5.36. The standard InChI is InChI=1S/C14H17BrN2OS/c1-11-14(19-10-16-11)9-17(2)7-8-18-13-5-3-12(15)4-6-13/h3-6,10H,7-9H2,1-2H3. The molecule has 0 atom stereocenters. The Morgan fingerprint density at radius 3 is 2.68 bits per heavy atom. The molecule has 0 bridgehead atoms. The van der Waals surface area contributed by atoms with E-state index in [1.165, 1.54) is 4.88 Å². The van der Waals surface area contributed by atoms with Crippen molar-refractivity contribution >= 4 is 27.3 Å². The molecule has 0 N–H and O–H groups in total. The lowest BCUT2D eigenvalue weighted by atomic mass is 10.3. The Bertz CT molecular complexity index is 512. The Morgan fingerprint density at radius 2 is 2.05 bits per heavy atom. The van der Waals surface area contributed by atoms with Crippen LogP contribution in [0.15, 0.2) is 34.2 Å². The van der Waals surface area contributed by atoms with Crippen LogP contribution in [0, 0.1) is 6.92 Å². The first-order chi connectivity index (χ1) is 9.15. The van der Waals surface area contributed by atoms with Gasteiger partial charge in [-0.3, -0.25) is 4.90 Å². The van der Waals surface area contributed by atoms with Crippen LogP contribution in [-0.2, 0) is 6.54 Å². The highest BCUT2D eigenvalue weighted by molar-refractivity contribution is 9.10. The highest BCUT2D eigenvalue weighted by atomic mass is 79.9. The molecule has 0 aliphatic rings. The number of nitrogens with zero attached hydrogens (tertiary/aromatic N) is 2. The molecule has 2 aromatic rings. The molecule has 0 fully saturated rings. The van der Waals surface area contributed by atoms with Gasteiger partial charge in [-0.2, -0.15) is 0 Å². The predicted octanol–water partition coefficient (Wildman–Crippen LogP) is 3.72. The Balaban J connectivity index is 1.73. The van der Waals surface area contributed by atoms with Gasteiger partial charge in [-0.1, -0.05) is 15.9 Å². The number of halogens is 1. The third-order valence-corrected chi connectivity index (χ3v) is 4.26. The normalized spacial score (nSPS) is 10.9. The maximum absolute atomic E-state index is 5.71. The van der Waals surface area contributed by atoms with E-state index in [-0.39, 0.29) is 0 Å². The van der Waals surface area contributed by atoms with Gasteiger partial charge in [-0.05, 0) is 38.2 Å². The van der Waals surface area contributed by atoms with Gasteiger partial charge in [0.2, 0.25) is 0 Å². The zero-order valence-electron chi connectivity index (χ0n) is 11.1. The molecule has 0 spiro atoms. The highest BCUT2D eigenvalue weighted by Crippen LogP contribution is 2.16. The second-order valence-corrected chi connectivity index (χ2v) is 6.26. The van der Waals surface area contributed by atoms with Gasteiger partial charge in [0.1, 0.15) is 12.4 Å². The van der Waals surface area contributed by atoms with E-state index in [0.717, 1.165) is 29.0 Å². The van der Waals surface area contributed by atoms with Crippen molar-refractivity contribution < 1.29 is 4.74 Å². The molecule has 1 heterocycles. The first kappa shape index (κ1) is 14.5. The summed E-state index contributed by atoms with van der Waals surface area (Å²) < 4.78 is 6.77. The monoisotopic (exact) mass is 340 g/mol. The third kappa shape index (κ3) is 4.60. The van der Waals surface area contributed by atoms with Gasteiger partial charge in [0.25, 0.3) is 0 Å². The number of benzene rings is 1. The molecular weight excluding hydrogens is 324 g/mol. The largest absolute Gasteiger partial charge is 0.492 e. The van der Waals surface area contributed by atoms with Crippen LogP contribution in [0.4, 0.5) is 0 Å². The second-order valence-electron chi connectivity index (χ2n) is 4.40. The van der Waals surface area contributed by atoms with Crippen LogP contribution in [0.2, 0.25) is 0 Å². The number of hydrogen-bond acceptors (Lipinski definition) is 4. The van der Waals surface area contributed by atoms with Gasteiger partial charge in [-0.15, -0.1) is 11.3 Å². The minimum atomic E-state index is 0.690. The van der Waals surface area contributed by atoms with Gasteiger partial charge >= 0.3 is 0 Å². The molecule has 19 heavy (non-hydrogen) atoms. The molecule has 0 aliphatic carbocycles. The highest BCUT2D eigenvalue weighted by Gasteiger charge is 2.05. The van der Waals surface area contributed by atoms with Crippen molar-refractivity contribution in [3.8, 4) is 5.75 Å². The molecule has 0 radical (unpaired) electrons. The van der Waals surface area contributed by atoms with Crippen molar-refractivity contribution in [1.29, 1.82) is 0 Å². The lowest BCUT2D eigenvalue weighted by Gasteiger charge is -2.16. The average Bonchev–Trinajstić information content (AvgIpc) is 2.78. The van der Waals surface area contributed by atoms with Crippen LogP contribution in [-0.4, -0.2) is 30.1 Å². The van der Waals surface area contributed by atoms with Crippen molar-refractivity contribution in [1.82, 2.24) is 9.88 Å². The maximum atomic E-state index is 5.71. The summed E-state index contributed by atoms with van der Waals surface area (Å²) in [6, 6.07) is 7.91. The first-order valence-electron chi connectivity index (χ1n) is 6.11. The van der Waals surface area contributed by atoms with Crippen LogP contribution >= 0.6 is 27.3 Å². The molecule has 5 heteroatoms. The van der Waals surface area contributed by atoms with E-state index in [0.29, 0.717) is 6.61 Å². The Morgan fingerprint density at radius 1 is 1.32 bits per heavy atom. The third-order valence-electron chi connectivity index (χ3n) is 2.81. The molecule has 0 unspecified atom stereocenters. The maximum Gasteiger partial charge on any atom is 0.119 e. The zero-order valence-corrected chi connectivity index (χ0v) is 13.5. The van der Waals surface area contributed by atoms with Gasteiger partial charge in [0, 0.05) is 22.4 Å². The van der Waals surface area contributed by atoms with Gasteiger partial charge in [-0.25, -0.2) is 4.98 Å². The summed E-state index contributed by atoms with van der Waals surface area (Å²) in [7, 11) is 2.10. The summed E-state index contributed by atoms with van der Waals surface area (Å²) in [6.45, 7) is 4.57. The van der Waals surface area contributed by atoms with E-state index in [1.54, 1.807) is 11.3 Å². The molecule has 0 saturated heterocycles. The molecule has 1 aromatic heterocycles. The zero-order chi connectivity index (χ0) is 13.7. The summed E-state index contributed by atoms with van der Waals surface area (Å²) >= 11 is 5.12. The van der Waals surface area contributed by atoms with Gasteiger partial charge < -0.3 is 4.74 Å². The fraction of sp³-hybridized carbons (Fsp3) is 0.357. The lowest BCUT2D eigenvalue weighted by Crippen LogP contribution is -2.23. The minimum absolute atomic E-state index is 0.690. The number of thiazole rings is 1. The van der Waals surface area contributed by atoms with Crippen LogP contribution in [0.25, 0.3) is 0 Å². The molecule has 2 rings (SSSR count). The summed E-state index contributed by atoms with van der Waals surface area (Å²) in [5.74, 6) is 0.908. The minimum Gasteiger partial charge on any atom is -0.492 e. The molecule has 102 valence electrons. The van der Waals surface area contributed by atoms with Crippen LogP contribution < -0.4 is 4.74 Å². The number of aromatic nitrogens is 1. The number of rotatable bonds is 6. The molecule has 0 amide bonds. The number of hydrogen-bond donors (Lipinski definition) is 0. The van der Waals surface area contributed by atoms with E-state index < -0.39 is 0 Å². The van der Waals surface area contributed by atoms with E-state index in [4.69, 9.17) is 4.74 Å². The van der Waals surface area contributed by atoms with Crippen molar-refractivity contribution in [2.75, 3.05) is 20.2 Å². The van der Waals surface area contributed by atoms with Crippen LogP contribution in [0.3, 0.4) is 0 Å². The van der Waals surface area contributed by atoms with Crippen molar-refractivity contribution in [3.63, 3.8) is 0 Å².